The molecule has 1 aromatic rings. The Bertz CT molecular complexity index is 575. The Morgan fingerprint density at radius 3 is 2.38 bits per heavy atom. The molecule has 0 aliphatic rings. The highest BCUT2D eigenvalue weighted by atomic mass is 35.5. The monoisotopic (exact) mass is 313 g/mol. The van der Waals surface area contributed by atoms with E-state index in [1.54, 1.807) is 14.1 Å². The quantitative estimate of drug-likeness (QED) is 0.883. The molecule has 3 amide bonds. The first kappa shape index (κ1) is 16.8. The lowest BCUT2D eigenvalue weighted by Crippen LogP contribution is -2.40. The number of anilines is 1. The molecule has 2 N–H and O–H groups in total. The fourth-order valence-corrected chi connectivity index (χ4v) is 1.73. The molecule has 0 radical (unpaired) electrons. The van der Waals surface area contributed by atoms with Crippen LogP contribution in [0.4, 0.5) is 10.5 Å². The molecule has 0 spiro atoms. The molecule has 0 fully saturated rings. The summed E-state index contributed by atoms with van der Waals surface area (Å²) in [6, 6.07) is 3.76. The summed E-state index contributed by atoms with van der Waals surface area (Å²) in [6.07, 6.45) is 0. The Balaban J connectivity index is 2.87. The third-order valence-electron chi connectivity index (χ3n) is 2.69. The van der Waals surface area contributed by atoms with Crippen LogP contribution in [0.5, 0.6) is 0 Å². The number of nitrogens with zero attached hydrogens (tertiary/aromatic N) is 2. The van der Waals surface area contributed by atoms with Gasteiger partial charge in [0.25, 0.3) is 0 Å². The lowest BCUT2D eigenvalue weighted by atomic mass is 10.2. The first-order chi connectivity index (χ1) is 9.73. The van der Waals surface area contributed by atoms with E-state index >= 15 is 0 Å². The normalized spacial score (nSPS) is 9.90. The minimum Gasteiger partial charge on any atom is -0.478 e. The van der Waals surface area contributed by atoms with Crippen molar-refractivity contribution in [1.82, 2.24) is 9.80 Å². The predicted octanol–water partition coefficient (Wildman–Crippen LogP) is 1.59. The molecule has 0 saturated heterocycles. The summed E-state index contributed by atoms with van der Waals surface area (Å²) in [6.45, 7) is -0.123. The molecular formula is C13H16ClN3O4. The number of carbonyl (C=O) groups is 3. The number of aromatic carboxylic acids is 1. The summed E-state index contributed by atoms with van der Waals surface area (Å²) < 4.78 is 0. The summed E-state index contributed by atoms with van der Waals surface area (Å²) in [4.78, 5) is 37.1. The highest BCUT2D eigenvalue weighted by molar-refractivity contribution is 6.34. The Morgan fingerprint density at radius 2 is 1.86 bits per heavy atom. The maximum Gasteiger partial charge on any atom is 0.339 e. The first-order valence-electron chi connectivity index (χ1n) is 5.98. The molecule has 0 aromatic heterocycles. The van der Waals surface area contributed by atoms with Crippen molar-refractivity contribution in [2.75, 3.05) is 33.0 Å². The van der Waals surface area contributed by atoms with Crippen LogP contribution in [-0.4, -0.2) is 60.5 Å². The van der Waals surface area contributed by atoms with Gasteiger partial charge in [0.05, 0.1) is 10.7 Å². The van der Waals surface area contributed by atoms with E-state index in [0.29, 0.717) is 0 Å². The number of carbonyl (C=O) groups excluding carboxylic acids is 2. The van der Waals surface area contributed by atoms with Crippen LogP contribution in [0.2, 0.25) is 5.02 Å². The van der Waals surface area contributed by atoms with E-state index in [-0.39, 0.29) is 28.7 Å². The molecule has 0 saturated carbocycles. The Hall–Kier alpha value is -2.28. The number of likely N-dealkylation sites (N-methyl/N-ethyl adjacent to an activating group) is 2. The van der Waals surface area contributed by atoms with Crippen molar-refractivity contribution < 1.29 is 19.5 Å². The summed E-state index contributed by atoms with van der Waals surface area (Å²) in [5.41, 5.74) is -0.121. The van der Waals surface area contributed by atoms with Gasteiger partial charge in [0.2, 0.25) is 5.91 Å². The SMILES string of the molecule is CN(C)C(=O)CN(C)C(=O)Nc1cccc(Cl)c1C(=O)O. The summed E-state index contributed by atoms with van der Waals surface area (Å²) in [5.74, 6) is -1.50. The van der Waals surface area contributed by atoms with Gasteiger partial charge in [-0.25, -0.2) is 9.59 Å². The van der Waals surface area contributed by atoms with E-state index in [1.165, 1.54) is 30.1 Å². The van der Waals surface area contributed by atoms with Crippen molar-refractivity contribution in [3.63, 3.8) is 0 Å². The van der Waals surface area contributed by atoms with E-state index in [2.05, 4.69) is 5.32 Å². The maximum atomic E-state index is 12.0. The third kappa shape index (κ3) is 4.35. The number of urea groups is 1. The fourth-order valence-electron chi connectivity index (χ4n) is 1.47. The van der Waals surface area contributed by atoms with E-state index in [4.69, 9.17) is 16.7 Å². The van der Waals surface area contributed by atoms with Crippen molar-refractivity contribution in [3.05, 3.63) is 28.8 Å². The van der Waals surface area contributed by atoms with Gasteiger partial charge >= 0.3 is 12.0 Å². The number of halogens is 1. The largest absolute Gasteiger partial charge is 0.478 e. The standard InChI is InChI=1S/C13H16ClN3O4/c1-16(2)10(18)7-17(3)13(21)15-9-6-4-5-8(14)11(9)12(19)20/h4-6H,7H2,1-3H3,(H,15,21)(H,19,20). The van der Waals surface area contributed by atoms with Crippen LogP contribution in [-0.2, 0) is 4.79 Å². The Kier molecular flexibility index (Phi) is 5.54. The lowest BCUT2D eigenvalue weighted by Gasteiger charge is -2.20. The van der Waals surface area contributed by atoms with Crippen LogP contribution in [0.15, 0.2) is 18.2 Å². The van der Waals surface area contributed by atoms with Crippen LogP contribution in [0.3, 0.4) is 0 Å². The van der Waals surface area contributed by atoms with Gasteiger partial charge in [-0.15, -0.1) is 0 Å². The first-order valence-corrected chi connectivity index (χ1v) is 6.36. The van der Waals surface area contributed by atoms with E-state index < -0.39 is 12.0 Å². The van der Waals surface area contributed by atoms with Crippen LogP contribution in [0, 0.1) is 0 Å². The molecule has 114 valence electrons. The third-order valence-corrected chi connectivity index (χ3v) is 3.00. The van der Waals surface area contributed by atoms with Gasteiger partial charge in [-0.2, -0.15) is 0 Å². The summed E-state index contributed by atoms with van der Waals surface area (Å²) >= 11 is 5.81. The Labute approximate surface area is 127 Å². The van der Waals surface area contributed by atoms with Crippen molar-refractivity contribution in [2.24, 2.45) is 0 Å². The topological polar surface area (TPSA) is 90.0 Å². The number of carboxylic acids is 1. The van der Waals surface area contributed by atoms with E-state index in [1.807, 2.05) is 0 Å². The number of nitrogens with one attached hydrogen (secondary N) is 1. The zero-order chi connectivity index (χ0) is 16.2. The zero-order valence-corrected chi connectivity index (χ0v) is 12.6. The molecule has 0 bridgehead atoms. The molecule has 0 heterocycles. The van der Waals surface area contributed by atoms with Crippen LogP contribution >= 0.6 is 11.6 Å². The molecular weight excluding hydrogens is 298 g/mol. The highest BCUT2D eigenvalue weighted by Crippen LogP contribution is 2.24. The van der Waals surface area contributed by atoms with Gasteiger partial charge in [0, 0.05) is 21.1 Å². The molecule has 0 atom stereocenters. The fraction of sp³-hybridized carbons (Fsp3) is 0.308. The second-order valence-corrected chi connectivity index (χ2v) is 4.95. The van der Waals surface area contributed by atoms with Crippen molar-refractivity contribution in [3.8, 4) is 0 Å². The van der Waals surface area contributed by atoms with Crippen molar-refractivity contribution in [1.29, 1.82) is 0 Å². The van der Waals surface area contributed by atoms with Gasteiger partial charge < -0.3 is 20.2 Å². The lowest BCUT2D eigenvalue weighted by molar-refractivity contribution is -0.129. The maximum absolute atomic E-state index is 12.0. The van der Waals surface area contributed by atoms with E-state index in [9.17, 15) is 14.4 Å². The molecule has 7 nitrogen and oxygen atoms in total. The zero-order valence-electron chi connectivity index (χ0n) is 11.9. The number of hydrogen-bond donors (Lipinski definition) is 2. The summed E-state index contributed by atoms with van der Waals surface area (Å²) in [7, 11) is 4.59. The molecule has 1 rings (SSSR count). The molecule has 21 heavy (non-hydrogen) atoms. The highest BCUT2D eigenvalue weighted by Gasteiger charge is 2.19. The molecule has 8 heteroatoms. The second-order valence-electron chi connectivity index (χ2n) is 4.54. The van der Waals surface area contributed by atoms with E-state index in [0.717, 1.165) is 4.90 Å². The predicted molar refractivity (Wildman–Crippen MR) is 78.8 cm³/mol. The van der Waals surface area contributed by atoms with Gasteiger partial charge in [-0.05, 0) is 12.1 Å². The van der Waals surface area contributed by atoms with Gasteiger partial charge in [0.15, 0.2) is 0 Å². The minimum atomic E-state index is -1.25. The second kappa shape index (κ2) is 6.94. The van der Waals surface area contributed by atoms with Crippen molar-refractivity contribution >= 4 is 35.2 Å². The summed E-state index contributed by atoms with van der Waals surface area (Å²) in [5, 5.41) is 11.6. The number of benzene rings is 1. The van der Waals surface area contributed by atoms with Gasteiger partial charge in [-0.3, -0.25) is 4.79 Å². The van der Waals surface area contributed by atoms with Crippen molar-refractivity contribution in [2.45, 2.75) is 0 Å². The smallest absolute Gasteiger partial charge is 0.339 e. The average molecular weight is 314 g/mol. The minimum absolute atomic E-state index is 0.0207. The molecule has 0 aliphatic carbocycles. The average Bonchev–Trinajstić information content (AvgIpc) is 2.37. The number of carboxylic acid groups (broad SMARTS) is 1. The van der Waals surface area contributed by atoms with Crippen LogP contribution in [0.25, 0.3) is 0 Å². The molecule has 1 aromatic carbocycles. The van der Waals surface area contributed by atoms with Gasteiger partial charge in [0.1, 0.15) is 12.1 Å². The Morgan fingerprint density at radius 1 is 1.24 bits per heavy atom. The molecule has 0 unspecified atom stereocenters. The molecule has 0 aliphatic heterocycles. The number of amides is 3. The number of hydrogen-bond acceptors (Lipinski definition) is 3. The van der Waals surface area contributed by atoms with Crippen LogP contribution < -0.4 is 5.32 Å². The van der Waals surface area contributed by atoms with Gasteiger partial charge in [-0.1, -0.05) is 17.7 Å². The van der Waals surface area contributed by atoms with Crippen LogP contribution in [0.1, 0.15) is 10.4 Å². The number of rotatable bonds is 4.